The quantitative estimate of drug-likeness (QED) is 0.692. The first-order valence-corrected chi connectivity index (χ1v) is 8.85. The number of nitrogens with zero attached hydrogens (tertiary/aromatic N) is 1. The van der Waals surface area contributed by atoms with E-state index in [1.54, 1.807) is 37.4 Å². The topological polar surface area (TPSA) is 58.6 Å². The summed E-state index contributed by atoms with van der Waals surface area (Å²) in [6, 6.07) is 12.4. The van der Waals surface area contributed by atoms with E-state index >= 15 is 0 Å². The SMILES string of the molecule is C=CCOc1ccc(C(=O)N(C)CC(=O)Nc2ccc(Br)cc2C)cc1. The normalized spacial score (nSPS) is 10.1. The van der Waals surface area contributed by atoms with Crippen molar-refractivity contribution in [3.63, 3.8) is 0 Å². The van der Waals surface area contributed by atoms with Crippen molar-refractivity contribution >= 4 is 33.4 Å². The fraction of sp³-hybridized carbons (Fsp3) is 0.200. The molecular formula is C20H21BrN2O3. The van der Waals surface area contributed by atoms with Gasteiger partial charge in [-0.1, -0.05) is 28.6 Å². The predicted octanol–water partition coefficient (Wildman–Crippen LogP) is 4.03. The summed E-state index contributed by atoms with van der Waals surface area (Å²) >= 11 is 3.39. The van der Waals surface area contributed by atoms with E-state index < -0.39 is 0 Å². The van der Waals surface area contributed by atoms with Gasteiger partial charge in [0.15, 0.2) is 0 Å². The number of aryl methyl sites for hydroxylation is 1. The lowest BCUT2D eigenvalue weighted by molar-refractivity contribution is -0.116. The van der Waals surface area contributed by atoms with Crippen LogP contribution in [0.15, 0.2) is 59.6 Å². The lowest BCUT2D eigenvalue weighted by Crippen LogP contribution is -2.35. The van der Waals surface area contributed by atoms with Crippen molar-refractivity contribution in [2.75, 3.05) is 25.5 Å². The van der Waals surface area contributed by atoms with Crippen molar-refractivity contribution in [2.45, 2.75) is 6.92 Å². The Morgan fingerprint density at radius 2 is 1.92 bits per heavy atom. The average molecular weight is 417 g/mol. The van der Waals surface area contributed by atoms with Crippen LogP contribution in [-0.4, -0.2) is 36.9 Å². The van der Waals surface area contributed by atoms with Gasteiger partial charge in [-0.2, -0.15) is 0 Å². The minimum atomic E-state index is -0.253. The molecule has 0 bridgehead atoms. The maximum Gasteiger partial charge on any atom is 0.254 e. The van der Waals surface area contributed by atoms with Crippen LogP contribution in [0.5, 0.6) is 5.75 Å². The summed E-state index contributed by atoms with van der Waals surface area (Å²) < 4.78 is 6.34. The van der Waals surface area contributed by atoms with Crippen LogP contribution in [0.25, 0.3) is 0 Å². The van der Waals surface area contributed by atoms with Gasteiger partial charge >= 0.3 is 0 Å². The van der Waals surface area contributed by atoms with Crippen LogP contribution in [0, 0.1) is 6.92 Å². The Morgan fingerprint density at radius 3 is 2.54 bits per heavy atom. The fourth-order valence-electron chi connectivity index (χ4n) is 2.31. The summed E-state index contributed by atoms with van der Waals surface area (Å²) in [7, 11) is 1.60. The van der Waals surface area contributed by atoms with Gasteiger partial charge in [0.25, 0.3) is 5.91 Å². The van der Waals surface area contributed by atoms with Crippen molar-refractivity contribution in [3.05, 3.63) is 70.7 Å². The van der Waals surface area contributed by atoms with Gasteiger partial charge < -0.3 is 15.0 Å². The molecule has 6 heteroatoms. The third kappa shape index (κ3) is 5.46. The molecule has 0 radical (unpaired) electrons. The maximum atomic E-state index is 12.5. The van der Waals surface area contributed by atoms with Crippen molar-refractivity contribution in [1.29, 1.82) is 0 Å². The third-order valence-electron chi connectivity index (χ3n) is 3.66. The molecule has 5 nitrogen and oxygen atoms in total. The van der Waals surface area contributed by atoms with E-state index in [4.69, 9.17) is 4.74 Å². The highest BCUT2D eigenvalue weighted by molar-refractivity contribution is 9.10. The molecule has 2 rings (SSSR count). The van der Waals surface area contributed by atoms with Crippen LogP contribution in [-0.2, 0) is 4.79 Å². The first-order chi connectivity index (χ1) is 12.4. The zero-order valence-electron chi connectivity index (χ0n) is 14.8. The van der Waals surface area contributed by atoms with E-state index in [0.717, 1.165) is 15.7 Å². The monoisotopic (exact) mass is 416 g/mol. The van der Waals surface area contributed by atoms with Crippen molar-refractivity contribution < 1.29 is 14.3 Å². The minimum absolute atomic E-state index is 0.0386. The Labute approximate surface area is 161 Å². The van der Waals surface area contributed by atoms with E-state index in [1.165, 1.54) is 4.90 Å². The highest BCUT2D eigenvalue weighted by atomic mass is 79.9. The summed E-state index contributed by atoms with van der Waals surface area (Å²) in [5, 5.41) is 2.82. The molecule has 0 aliphatic heterocycles. The molecule has 0 atom stereocenters. The highest BCUT2D eigenvalue weighted by Crippen LogP contribution is 2.20. The first kappa shape index (κ1) is 19.7. The molecule has 2 aromatic rings. The number of carbonyl (C=O) groups is 2. The number of benzene rings is 2. The number of rotatable bonds is 7. The molecule has 26 heavy (non-hydrogen) atoms. The first-order valence-electron chi connectivity index (χ1n) is 8.06. The Bertz CT molecular complexity index is 803. The van der Waals surface area contributed by atoms with Crippen LogP contribution >= 0.6 is 15.9 Å². The molecule has 0 aromatic heterocycles. The van der Waals surface area contributed by atoms with Crippen LogP contribution in [0.2, 0.25) is 0 Å². The van der Waals surface area contributed by atoms with Gasteiger partial charge in [-0.15, -0.1) is 0 Å². The molecule has 2 aromatic carbocycles. The van der Waals surface area contributed by atoms with E-state index in [1.807, 2.05) is 25.1 Å². The van der Waals surface area contributed by atoms with Crippen LogP contribution in [0.3, 0.4) is 0 Å². The number of hydrogen-bond donors (Lipinski definition) is 1. The fourth-order valence-corrected chi connectivity index (χ4v) is 2.79. The van der Waals surface area contributed by atoms with Gasteiger partial charge in [-0.25, -0.2) is 0 Å². The predicted molar refractivity (Wildman–Crippen MR) is 107 cm³/mol. The van der Waals surface area contributed by atoms with Crippen molar-refractivity contribution in [1.82, 2.24) is 4.90 Å². The van der Waals surface area contributed by atoms with Crippen LogP contribution in [0.1, 0.15) is 15.9 Å². The second-order valence-electron chi connectivity index (χ2n) is 5.79. The largest absolute Gasteiger partial charge is 0.490 e. The number of likely N-dealkylation sites (N-methyl/N-ethyl adjacent to an activating group) is 1. The number of amides is 2. The van der Waals surface area contributed by atoms with E-state index in [9.17, 15) is 9.59 Å². The van der Waals surface area contributed by atoms with E-state index in [0.29, 0.717) is 17.9 Å². The van der Waals surface area contributed by atoms with Crippen molar-refractivity contribution in [2.24, 2.45) is 0 Å². The lowest BCUT2D eigenvalue weighted by atomic mass is 10.2. The van der Waals surface area contributed by atoms with Crippen LogP contribution < -0.4 is 10.1 Å². The molecule has 1 N–H and O–H groups in total. The van der Waals surface area contributed by atoms with Gasteiger partial charge in [-0.3, -0.25) is 9.59 Å². The molecule has 0 aliphatic rings. The van der Waals surface area contributed by atoms with Gasteiger partial charge in [0.05, 0.1) is 6.54 Å². The summed E-state index contributed by atoms with van der Waals surface area (Å²) in [5.41, 5.74) is 2.16. The van der Waals surface area contributed by atoms with E-state index in [2.05, 4.69) is 27.8 Å². The number of anilines is 1. The molecule has 0 fully saturated rings. The summed E-state index contributed by atoms with van der Waals surface area (Å²) in [4.78, 5) is 26.1. The molecule has 0 saturated heterocycles. The Hall–Kier alpha value is -2.60. The number of halogens is 1. The number of nitrogens with one attached hydrogen (secondary N) is 1. The molecule has 2 amide bonds. The molecular weight excluding hydrogens is 396 g/mol. The minimum Gasteiger partial charge on any atom is -0.490 e. The molecule has 0 unspecified atom stereocenters. The zero-order chi connectivity index (χ0) is 19.1. The maximum absolute atomic E-state index is 12.5. The molecule has 0 saturated carbocycles. The Balaban J connectivity index is 1.95. The highest BCUT2D eigenvalue weighted by Gasteiger charge is 2.15. The van der Waals surface area contributed by atoms with E-state index in [-0.39, 0.29) is 18.4 Å². The standard InChI is InChI=1S/C20H21BrN2O3/c1-4-11-26-17-8-5-15(6-9-17)20(25)23(3)13-19(24)22-18-10-7-16(21)12-14(18)2/h4-10,12H,1,11,13H2,2-3H3,(H,22,24). The molecule has 0 spiro atoms. The number of hydrogen-bond acceptors (Lipinski definition) is 3. The number of carbonyl (C=O) groups excluding carboxylic acids is 2. The summed E-state index contributed by atoms with van der Waals surface area (Å²) in [6.45, 7) is 5.86. The summed E-state index contributed by atoms with van der Waals surface area (Å²) in [5.74, 6) is 0.174. The molecule has 0 aliphatic carbocycles. The van der Waals surface area contributed by atoms with Gasteiger partial charge in [0.2, 0.25) is 5.91 Å². The second-order valence-corrected chi connectivity index (χ2v) is 6.71. The average Bonchev–Trinajstić information content (AvgIpc) is 2.62. The Morgan fingerprint density at radius 1 is 1.23 bits per heavy atom. The molecule has 0 heterocycles. The summed E-state index contributed by atoms with van der Waals surface area (Å²) in [6.07, 6.45) is 1.65. The van der Waals surface area contributed by atoms with Gasteiger partial charge in [-0.05, 0) is 55.0 Å². The number of ether oxygens (including phenoxy) is 1. The lowest BCUT2D eigenvalue weighted by Gasteiger charge is -2.17. The van der Waals surface area contributed by atoms with Crippen LogP contribution in [0.4, 0.5) is 5.69 Å². The van der Waals surface area contributed by atoms with Gasteiger partial charge in [0, 0.05) is 22.8 Å². The van der Waals surface area contributed by atoms with Crippen molar-refractivity contribution in [3.8, 4) is 5.75 Å². The third-order valence-corrected chi connectivity index (χ3v) is 4.15. The Kier molecular flexibility index (Phi) is 6.97. The second kappa shape index (κ2) is 9.20. The van der Waals surface area contributed by atoms with Gasteiger partial charge in [0.1, 0.15) is 12.4 Å². The smallest absolute Gasteiger partial charge is 0.254 e. The molecule has 136 valence electrons. The zero-order valence-corrected chi connectivity index (χ0v) is 16.4.